The number of aromatic nitrogens is 2. The Morgan fingerprint density at radius 2 is 2.38 bits per heavy atom. The largest absolute Gasteiger partial charge is 0.360 e. The van der Waals surface area contributed by atoms with Gasteiger partial charge >= 0.3 is 0 Å². The number of thioether (sulfide) groups is 1. The minimum absolute atomic E-state index is 0.525. The Balaban J connectivity index is 2.10. The normalized spacial score (nSPS) is 11.1. The standard InChI is InChI=1S/C11H13ClN2OS/c1-16-7-6-15-8-14-5-3-9-10(12)2-4-13-11(9)14/h2-5H,6-8H2,1H3. The molecule has 0 aliphatic rings. The maximum Gasteiger partial charge on any atom is 0.143 e. The summed E-state index contributed by atoms with van der Waals surface area (Å²) >= 11 is 7.83. The first kappa shape index (κ1) is 11.8. The van der Waals surface area contributed by atoms with Gasteiger partial charge in [0, 0.05) is 23.5 Å². The molecule has 5 heteroatoms. The highest BCUT2D eigenvalue weighted by molar-refractivity contribution is 7.98. The van der Waals surface area contributed by atoms with Gasteiger partial charge in [0.15, 0.2) is 0 Å². The Bertz CT molecular complexity index is 472. The summed E-state index contributed by atoms with van der Waals surface area (Å²) in [5, 5.41) is 1.70. The third-order valence-electron chi connectivity index (χ3n) is 2.27. The van der Waals surface area contributed by atoms with Crippen molar-refractivity contribution in [2.75, 3.05) is 18.6 Å². The number of halogens is 1. The van der Waals surface area contributed by atoms with Crippen molar-refractivity contribution in [3.8, 4) is 0 Å². The molecule has 2 rings (SSSR count). The summed E-state index contributed by atoms with van der Waals surface area (Å²) in [5.41, 5.74) is 0.872. The predicted octanol–water partition coefficient (Wildman–Crippen LogP) is 3.03. The summed E-state index contributed by atoms with van der Waals surface area (Å²) in [6.45, 7) is 1.28. The molecule has 0 spiro atoms. The van der Waals surface area contributed by atoms with Crippen molar-refractivity contribution >= 4 is 34.4 Å². The summed E-state index contributed by atoms with van der Waals surface area (Å²) in [7, 11) is 0. The molecule has 0 aliphatic carbocycles. The van der Waals surface area contributed by atoms with Gasteiger partial charge in [-0.25, -0.2) is 4.98 Å². The lowest BCUT2D eigenvalue weighted by Gasteiger charge is -2.05. The molecule has 16 heavy (non-hydrogen) atoms. The van der Waals surface area contributed by atoms with Crippen LogP contribution < -0.4 is 0 Å². The van der Waals surface area contributed by atoms with Crippen LogP contribution in [0.5, 0.6) is 0 Å². The van der Waals surface area contributed by atoms with Gasteiger partial charge in [-0.3, -0.25) is 0 Å². The van der Waals surface area contributed by atoms with Gasteiger partial charge in [0.2, 0.25) is 0 Å². The van der Waals surface area contributed by atoms with Crippen molar-refractivity contribution in [3.63, 3.8) is 0 Å². The van der Waals surface area contributed by atoms with Gasteiger partial charge in [-0.1, -0.05) is 11.6 Å². The summed E-state index contributed by atoms with van der Waals surface area (Å²) in [4.78, 5) is 4.29. The second-order valence-electron chi connectivity index (χ2n) is 3.35. The molecule has 0 unspecified atom stereocenters. The monoisotopic (exact) mass is 256 g/mol. The van der Waals surface area contributed by atoms with Crippen LogP contribution in [-0.4, -0.2) is 28.2 Å². The molecule has 2 aromatic heterocycles. The second-order valence-corrected chi connectivity index (χ2v) is 4.74. The summed E-state index contributed by atoms with van der Waals surface area (Å²) in [6.07, 6.45) is 5.72. The number of pyridine rings is 1. The second kappa shape index (κ2) is 5.57. The van der Waals surface area contributed by atoms with Gasteiger partial charge in [0.1, 0.15) is 12.4 Å². The molecule has 2 heterocycles. The Morgan fingerprint density at radius 1 is 1.50 bits per heavy atom. The number of rotatable bonds is 5. The molecule has 0 aliphatic heterocycles. The fourth-order valence-electron chi connectivity index (χ4n) is 1.47. The van der Waals surface area contributed by atoms with Crippen LogP contribution in [-0.2, 0) is 11.5 Å². The molecule has 0 fully saturated rings. The Morgan fingerprint density at radius 3 is 3.19 bits per heavy atom. The first-order valence-corrected chi connectivity index (χ1v) is 6.76. The van der Waals surface area contributed by atoms with Gasteiger partial charge < -0.3 is 9.30 Å². The van der Waals surface area contributed by atoms with Crippen molar-refractivity contribution in [1.82, 2.24) is 9.55 Å². The van der Waals surface area contributed by atoms with E-state index in [4.69, 9.17) is 16.3 Å². The van der Waals surface area contributed by atoms with Gasteiger partial charge in [0.25, 0.3) is 0 Å². The van der Waals surface area contributed by atoms with Gasteiger partial charge in [-0.15, -0.1) is 0 Å². The molecule has 86 valence electrons. The predicted molar refractivity (Wildman–Crippen MR) is 69.1 cm³/mol. The SMILES string of the molecule is CSCCOCn1ccc2c(Cl)ccnc21. The van der Waals surface area contributed by atoms with Crippen LogP contribution in [0.1, 0.15) is 0 Å². The van der Waals surface area contributed by atoms with Crippen LogP contribution >= 0.6 is 23.4 Å². The zero-order valence-electron chi connectivity index (χ0n) is 9.02. The number of hydrogen-bond donors (Lipinski definition) is 0. The first-order valence-electron chi connectivity index (χ1n) is 4.99. The van der Waals surface area contributed by atoms with Gasteiger partial charge in [-0.05, 0) is 18.4 Å². The highest BCUT2D eigenvalue weighted by Crippen LogP contribution is 2.22. The fraction of sp³-hybridized carbons (Fsp3) is 0.364. The van der Waals surface area contributed by atoms with Gasteiger partial charge in [-0.2, -0.15) is 11.8 Å². The molecule has 0 N–H and O–H groups in total. The molecular formula is C11H13ClN2OS. The van der Waals surface area contributed by atoms with Crippen molar-refractivity contribution in [2.45, 2.75) is 6.73 Å². The molecule has 0 saturated carbocycles. The number of hydrogen-bond acceptors (Lipinski definition) is 3. The van der Waals surface area contributed by atoms with Crippen LogP contribution in [0.25, 0.3) is 11.0 Å². The highest BCUT2D eigenvalue weighted by atomic mass is 35.5. The lowest BCUT2D eigenvalue weighted by molar-refractivity contribution is 0.0927. The van der Waals surface area contributed by atoms with E-state index in [1.165, 1.54) is 0 Å². The van der Waals surface area contributed by atoms with E-state index in [-0.39, 0.29) is 0 Å². The van der Waals surface area contributed by atoms with Crippen molar-refractivity contribution in [1.29, 1.82) is 0 Å². The van der Waals surface area contributed by atoms with Crippen LogP contribution in [0.2, 0.25) is 5.02 Å². The van der Waals surface area contributed by atoms with E-state index in [0.717, 1.165) is 28.4 Å². The zero-order valence-corrected chi connectivity index (χ0v) is 10.6. The molecule has 2 aromatic rings. The average molecular weight is 257 g/mol. The molecule has 0 amide bonds. The number of nitrogens with zero attached hydrogens (tertiary/aromatic N) is 2. The maximum absolute atomic E-state index is 6.06. The van der Waals surface area contributed by atoms with Crippen LogP contribution in [0.3, 0.4) is 0 Å². The van der Waals surface area contributed by atoms with Crippen LogP contribution in [0.15, 0.2) is 24.5 Å². The fourth-order valence-corrected chi connectivity index (χ4v) is 1.96. The highest BCUT2D eigenvalue weighted by Gasteiger charge is 2.04. The Hall–Kier alpha value is -0.710. The molecule has 0 radical (unpaired) electrons. The van der Waals surface area contributed by atoms with E-state index in [1.807, 2.05) is 16.8 Å². The molecule has 0 atom stereocenters. The summed E-state index contributed by atoms with van der Waals surface area (Å²) in [5.74, 6) is 1.01. The average Bonchev–Trinajstić information content (AvgIpc) is 2.70. The van der Waals surface area contributed by atoms with E-state index in [9.17, 15) is 0 Å². The minimum Gasteiger partial charge on any atom is -0.360 e. The van der Waals surface area contributed by atoms with E-state index >= 15 is 0 Å². The lowest BCUT2D eigenvalue weighted by Crippen LogP contribution is -2.04. The minimum atomic E-state index is 0.525. The molecular weight excluding hydrogens is 244 g/mol. The van der Waals surface area contributed by atoms with Crippen molar-refractivity contribution in [2.24, 2.45) is 0 Å². The zero-order chi connectivity index (χ0) is 11.4. The Labute approximate surface area is 104 Å². The topological polar surface area (TPSA) is 27.1 Å². The van der Waals surface area contributed by atoms with Crippen LogP contribution in [0, 0.1) is 0 Å². The third-order valence-corrected chi connectivity index (χ3v) is 3.18. The van der Waals surface area contributed by atoms with E-state index in [1.54, 1.807) is 24.0 Å². The first-order chi connectivity index (χ1) is 7.83. The molecule has 0 saturated heterocycles. The maximum atomic E-state index is 6.06. The van der Waals surface area contributed by atoms with Gasteiger partial charge in [0.05, 0.1) is 11.6 Å². The number of fused-ring (bicyclic) bond motifs is 1. The van der Waals surface area contributed by atoms with E-state index in [0.29, 0.717) is 6.73 Å². The molecule has 3 nitrogen and oxygen atoms in total. The van der Waals surface area contributed by atoms with Crippen molar-refractivity contribution in [3.05, 3.63) is 29.5 Å². The smallest absolute Gasteiger partial charge is 0.143 e. The summed E-state index contributed by atoms with van der Waals surface area (Å²) < 4.78 is 7.49. The molecule has 0 bridgehead atoms. The molecule has 0 aromatic carbocycles. The lowest BCUT2D eigenvalue weighted by atomic mass is 10.3. The van der Waals surface area contributed by atoms with Crippen molar-refractivity contribution < 1.29 is 4.74 Å². The van der Waals surface area contributed by atoms with Crippen LogP contribution in [0.4, 0.5) is 0 Å². The van der Waals surface area contributed by atoms with E-state index in [2.05, 4.69) is 11.2 Å². The van der Waals surface area contributed by atoms with E-state index < -0.39 is 0 Å². The summed E-state index contributed by atoms with van der Waals surface area (Å²) in [6, 6.07) is 3.76. The quantitative estimate of drug-likeness (QED) is 0.770. The number of ether oxygens (including phenoxy) is 1. The third kappa shape index (κ3) is 2.51. The Kier molecular flexibility index (Phi) is 4.09.